The average Bonchev–Trinajstić information content (AvgIpc) is 2.28. The van der Waals surface area contributed by atoms with Gasteiger partial charge in [0.15, 0.2) is 0 Å². The van der Waals surface area contributed by atoms with Crippen LogP contribution in [0.15, 0.2) is 18.5 Å². The molecule has 0 radical (unpaired) electrons. The van der Waals surface area contributed by atoms with Crippen LogP contribution in [0.2, 0.25) is 0 Å². The maximum atomic E-state index is 12.9. The lowest BCUT2D eigenvalue weighted by atomic mass is 10.0. The lowest BCUT2D eigenvalue weighted by molar-refractivity contribution is 0.0915. The molecule has 94 valence electrons. The molecule has 5 heteroatoms. The van der Waals surface area contributed by atoms with Gasteiger partial charge in [0.05, 0.1) is 11.8 Å². The Morgan fingerprint density at radius 3 is 2.76 bits per heavy atom. The fraction of sp³-hybridized carbons (Fsp3) is 0.500. The number of hydrogen-bond donors (Lipinski definition) is 2. The highest BCUT2D eigenvalue weighted by molar-refractivity contribution is 5.94. The summed E-state index contributed by atoms with van der Waals surface area (Å²) in [5.41, 5.74) is 0.189. The van der Waals surface area contributed by atoms with Gasteiger partial charge in [0.25, 0.3) is 5.91 Å². The first-order valence-electron chi connectivity index (χ1n) is 5.57. The molecule has 4 nitrogen and oxygen atoms in total. The Kier molecular flexibility index (Phi) is 5.03. The number of rotatable bonds is 5. The number of nitrogens with one attached hydrogen (secondary N) is 1. The van der Waals surface area contributed by atoms with E-state index in [9.17, 15) is 9.18 Å². The third-order valence-electron chi connectivity index (χ3n) is 2.53. The van der Waals surface area contributed by atoms with E-state index in [4.69, 9.17) is 5.11 Å². The van der Waals surface area contributed by atoms with Gasteiger partial charge in [-0.05, 0) is 18.4 Å². The number of carbonyl (C=O) groups is 1. The second-order valence-corrected chi connectivity index (χ2v) is 4.23. The van der Waals surface area contributed by atoms with Crippen molar-refractivity contribution in [1.82, 2.24) is 10.3 Å². The molecule has 0 fully saturated rings. The highest BCUT2D eigenvalue weighted by Crippen LogP contribution is 2.08. The molecule has 0 saturated carbocycles. The summed E-state index contributed by atoms with van der Waals surface area (Å²) in [6.07, 6.45) is 2.84. The minimum Gasteiger partial charge on any atom is -0.396 e. The van der Waals surface area contributed by atoms with Crippen molar-refractivity contribution in [3.8, 4) is 0 Å². The number of aliphatic hydroxyl groups is 1. The van der Waals surface area contributed by atoms with Crippen LogP contribution in [0.25, 0.3) is 0 Å². The van der Waals surface area contributed by atoms with Crippen molar-refractivity contribution in [2.24, 2.45) is 5.92 Å². The Bertz CT molecular complexity index is 383. The van der Waals surface area contributed by atoms with Gasteiger partial charge in [-0.2, -0.15) is 0 Å². The van der Waals surface area contributed by atoms with Gasteiger partial charge in [0.1, 0.15) is 5.82 Å². The molecule has 0 saturated heterocycles. The van der Waals surface area contributed by atoms with Crippen molar-refractivity contribution < 1.29 is 14.3 Å². The number of hydrogen-bond acceptors (Lipinski definition) is 3. The van der Waals surface area contributed by atoms with Crippen molar-refractivity contribution in [2.45, 2.75) is 26.3 Å². The minimum atomic E-state index is -0.541. The van der Waals surface area contributed by atoms with Crippen molar-refractivity contribution >= 4 is 5.91 Å². The number of aromatic nitrogens is 1. The van der Waals surface area contributed by atoms with E-state index in [0.29, 0.717) is 6.42 Å². The first-order chi connectivity index (χ1) is 8.04. The number of carbonyl (C=O) groups excluding carboxylic acids is 1. The molecule has 1 unspecified atom stereocenters. The minimum absolute atomic E-state index is 0.00449. The first kappa shape index (κ1) is 13.6. The SMILES string of the molecule is CC(C)C(CCO)NC(=O)c1cncc(F)c1. The van der Waals surface area contributed by atoms with E-state index in [1.165, 1.54) is 6.20 Å². The van der Waals surface area contributed by atoms with E-state index in [2.05, 4.69) is 10.3 Å². The summed E-state index contributed by atoms with van der Waals surface area (Å²) in [7, 11) is 0. The largest absolute Gasteiger partial charge is 0.396 e. The Morgan fingerprint density at radius 1 is 1.53 bits per heavy atom. The van der Waals surface area contributed by atoms with Crippen molar-refractivity contribution in [1.29, 1.82) is 0 Å². The van der Waals surface area contributed by atoms with Crippen LogP contribution in [0, 0.1) is 11.7 Å². The molecule has 1 rings (SSSR count). The van der Waals surface area contributed by atoms with E-state index in [-0.39, 0.29) is 30.0 Å². The molecule has 1 heterocycles. The topological polar surface area (TPSA) is 62.2 Å². The van der Waals surface area contributed by atoms with Crippen molar-refractivity contribution in [3.63, 3.8) is 0 Å². The van der Waals surface area contributed by atoms with Gasteiger partial charge in [-0.15, -0.1) is 0 Å². The number of amides is 1. The second-order valence-electron chi connectivity index (χ2n) is 4.23. The summed E-state index contributed by atoms with van der Waals surface area (Å²) < 4.78 is 12.9. The third-order valence-corrected chi connectivity index (χ3v) is 2.53. The first-order valence-corrected chi connectivity index (χ1v) is 5.57. The van der Waals surface area contributed by atoms with Gasteiger partial charge < -0.3 is 10.4 Å². The summed E-state index contributed by atoms with van der Waals surface area (Å²) in [4.78, 5) is 15.4. The van der Waals surface area contributed by atoms with E-state index in [1.54, 1.807) is 0 Å². The fourth-order valence-electron chi connectivity index (χ4n) is 1.50. The van der Waals surface area contributed by atoms with E-state index in [0.717, 1.165) is 12.3 Å². The summed E-state index contributed by atoms with van der Waals surface area (Å²) in [6.45, 7) is 3.90. The van der Waals surface area contributed by atoms with Crippen LogP contribution < -0.4 is 5.32 Å². The number of aliphatic hydroxyl groups excluding tert-OH is 1. The average molecular weight is 240 g/mol. The predicted molar refractivity (Wildman–Crippen MR) is 62.0 cm³/mol. The van der Waals surface area contributed by atoms with Crippen LogP contribution in [0.5, 0.6) is 0 Å². The second kappa shape index (κ2) is 6.30. The molecule has 17 heavy (non-hydrogen) atoms. The van der Waals surface area contributed by atoms with Crippen LogP contribution in [0.1, 0.15) is 30.6 Å². The molecule has 0 aliphatic heterocycles. The lowest BCUT2D eigenvalue weighted by Gasteiger charge is -2.21. The summed E-state index contributed by atoms with van der Waals surface area (Å²) in [5, 5.41) is 11.6. The van der Waals surface area contributed by atoms with Crippen LogP contribution in [0.3, 0.4) is 0 Å². The van der Waals surface area contributed by atoms with Crippen molar-refractivity contribution in [3.05, 3.63) is 29.8 Å². The number of pyridine rings is 1. The van der Waals surface area contributed by atoms with E-state index in [1.807, 2.05) is 13.8 Å². The van der Waals surface area contributed by atoms with Gasteiger partial charge in [0.2, 0.25) is 0 Å². The zero-order valence-corrected chi connectivity index (χ0v) is 9.98. The van der Waals surface area contributed by atoms with E-state index < -0.39 is 5.82 Å². The third kappa shape index (κ3) is 4.11. The Morgan fingerprint density at radius 2 is 2.24 bits per heavy atom. The van der Waals surface area contributed by atoms with Gasteiger partial charge in [-0.1, -0.05) is 13.8 Å². The molecule has 1 amide bonds. The molecule has 1 aromatic heterocycles. The van der Waals surface area contributed by atoms with Gasteiger partial charge in [-0.3, -0.25) is 9.78 Å². The Labute approximate surface area is 99.9 Å². The smallest absolute Gasteiger partial charge is 0.253 e. The molecule has 0 aliphatic carbocycles. The monoisotopic (exact) mass is 240 g/mol. The van der Waals surface area contributed by atoms with Gasteiger partial charge >= 0.3 is 0 Å². The summed E-state index contributed by atoms with van der Waals surface area (Å²) in [5.74, 6) is -0.710. The normalized spacial score (nSPS) is 12.5. The molecule has 1 atom stereocenters. The molecule has 0 aliphatic rings. The maximum Gasteiger partial charge on any atom is 0.253 e. The number of halogens is 1. The zero-order chi connectivity index (χ0) is 12.8. The quantitative estimate of drug-likeness (QED) is 0.816. The van der Waals surface area contributed by atoms with Crippen LogP contribution in [-0.4, -0.2) is 28.6 Å². The van der Waals surface area contributed by atoms with Crippen LogP contribution in [-0.2, 0) is 0 Å². The highest BCUT2D eigenvalue weighted by atomic mass is 19.1. The van der Waals surface area contributed by atoms with Gasteiger partial charge in [-0.25, -0.2) is 4.39 Å². The molecule has 2 N–H and O–H groups in total. The maximum absolute atomic E-state index is 12.9. The molecule has 1 aromatic rings. The molecular weight excluding hydrogens is 223 g/mol. The van der Waals surface area contributed by atoms with E-state index >= 15 is 0 Å². The number of nitrogens with zero attached hydrogens (tertiary/aromatic N) is 1. The predicted octanol–water partition coefficient (Wildman–Crippen LogP) is 1.36. The van der Waals surface area contributed by atoms with Crippen LogP contribution in [0.4, 0.5) is 4.39 Å². The zero-order valence-electron chi connectivity index (χ0n) is 9.98. The molecular formula is C12H17FN2O2. The van der Waals surface area contributed by atoms with Crippen molar-refractivity contribution in [2.75, 3.05) is 6.61 Å². The lowest BCUT2D eigenvalue weighted by Crippen LogP contribution is -2.39. The Hall–Kier alpha value is -1.49. The highest BCUT2D eigenvalue weighted by Gasteiger charge is 2.17. The molecule has 0 aromatic carbocycles. The summed E-state index contributed by atoms with van der Waals surface area (Å²) >= 11 is 0. The standard InChI is InChI=1S/C12H17FN2O2/c1-8(2)11(3-4-16)15-12(17)9-5-10(13)7-14-6-9/h5-8,11,16H,3-4H2,1-2H3,(H,15,17). The van der Waals surface area contributed by atoms with Gasteiger partial charge in [0, 0.05) is 18.8 Å². The molecule has 0 spiro atoms. The summed E-state index contributed by atoms with van der Waals surface area (Å²) in [6, 6.07) is 1.01. The fourth-order valence-corrected chi connectivity index (χ4v) is 1.50. The molecule has 0 bridgehead atoms. The Balaban J connectivity index is 2.70. The van der Waals surface area contributed by atoms with Crippen LogP contribution >= 0.6 is 0 Å².